The quantitative estimate of drug-likeness (QED) is 0.839. The molecular weight excluding hydrogens is 204 g/mol. The van der Waals surface area contributed by atoms with Crippen LogP contribution in [-0.2, 0) is 17.6 Å². The van der Waals surface area contributed by atoms with Crippen molar-refractivity contribution in [2.24, 2.45) is 0 Å². The van der Waals surface area contributed by atoms with Crippen LogP contribution in [0.25, 0.3) is 0 Å². The van der Waals surface area contributed by atoms with Gasteiger partial charge in [0.25, 0.3) is 0 Å². The summed E-state index contributed by atoms with van der Waals surface area (Å²) < 4.78 is 0. The minimum Gasteiger partial charge on any atom is -0.481 e. The average molecular weight is 214 g/mol. The van der Waals surface area contributed by atoms with Gasteiger partial charge < -0.3 is 5.11 Å². The lowest BCUT2D eigenvalue weighted by molar-refractivity contribution is -0.136. The molecule has 13 heavy (non-hydrogen) atoms. The number of hydrogen-bond donors (Lipinski definition) is 1. The molecule has 0 spiro atoms. The zero-order chi connectivity index (χ0) is 9.26. The summed E-state index contributed by atoms with van der Waals surface area (Å²) in [5.41, 5.74) is 1.41. The van der Waals surface area contributed by atoms with Crippen molar-refractivity contribution in [3.8, 4) is 0 Å². The number of aliphatic carboxylic acids is 1. The Morgan fingerprint density at radius 3 is 3.23 bits per heavy atom. The minimum absolute atomic E-state index is 0.262. The number of carboxylic acids is 1. The number of hydrogen-bond acceptors (Lipinski definition) is 3. The first-order chi connectivity index (χ1) is 6.27. The van der Waals surface area contributed by atoms with Crippen molar-refractivity contribution in [1.82, 2.24) is 0 Å². The molecule has 1 aliphatic rings. The summed E-state index contributed by atoms with van der Waals surface area (Å²) in [6, 6.07) is 0. The average Bonchev–Trinajstić information content (AvgIpc) is 2.60. The van der Waals surface area contributed by atoms with E-state index in [1.54, 1.807) is 11.3 Å². The molecule has 0 fully saturated rings. The van der Waals surface area contributed by atoms with Crippen LogP contribution < -0.4 is 0 Å². The van der Waals surface area contributed by atoms with Crippen molar-refractivity contribution in [2.45, 2.75) is 24.2 Å². The molecule has 1 aliphatic heterocycles. The Hall–Kier alpha value is -0.480. The summed E-state index contributed by atoms with van der Waals surface area (Å²) in [6.07, 6.45) is 2.09. The van der Waals surface area contributed by atoms with Crippen LogP contribution in [0.5, 0.6) is 0 Å². The molecule has 0 radical (unpaired) electrons. The van der Waals surface area contributed by atoms with Crippen LogP contribution >= 0.6 is 23.1 Å². The molecule has 1 aromatic heterocycles. The van der Waals surface area contributed by atoms with Gasteiger partial charge in [-0.3, -0.25) is 4.79 Å². The molecule has 0 saturated carbocycles. The number of carboxylic acid groups (broad SMARTS) is 1. The van der Waals surface area contributed by atoms with Gasteiger partial charge in [-0.1, -0.05) is 0 Å². The first-order valence-electron chi connectivity index (χ1n) is 4.21. The van der Waals surface area contributed by atoms with E-state index in [-0.39, 0.29) is 6.42 Å². The summed E-state index contributed by atoms with van der Waals surface area (Å²) in [6.45, 7) is 0. The van der Waals surface area contributed by atoms with Gasteiger partial charge >= 0.3 is 5.97 Å². The number of carbonyl (C=O) groups is 1. The fourth-order valence-electron chi connectivity index (χ4n) is 1.48. The summed E-state index contributed by atoms with van der Waals surface area (Å²) in [5.74, 6) is 0.464. The lowest BCUT2D eigenvalue weighted by Gasteiger charge is -1.96. The fourth-order valence-corrected chi connectivity index (χ4v) is 3.85. The van der Waals surface area contributed by atoms with E-state index in [0.717, 1.165) is 12.2 Å². The molecule has 0 aromatic carbocycles. The van der Waals surface area contributed by atoms with Crippen molar-refractivity contribution >= 4 is 29.1 Å². The predicted molar refractivity (Wildman–Crippen MR) is 54.7 cm³/mol. The normalized spacial score (nSPS) is 14.5. The molecular formula is C9H10O2S2. The summed E-state index contributed by atoms with van der Waals surface area (Å²) in [4.78, 5) is 13.1. The lowest BCUT2D eigenvalue weighted by atomic mass is 10.1. The van der Waals surface area contributed by atoms with Gasteiger partial charge in [0.05, 0.1) is 6.42 Å². The van der Waals surface area contributed by atoms with Gasteiger partial charge in [0.15, 0.2) is 0 Å². The van der Waals surface area contributed by atoms with Gasteiger partial charge in [0.1, 0.15) is 0 Å². The zero-order valence-corrected chi connectivity index (χ0v) is 8.71. The standard InChI is InChI=1S/C9H10O2S2/c10-9(11)2-1-7-6-3-4-12-8(6)5-13-7/h5H,1-4H2,(H,10,11). The Labute approximate surface area is 85.0 Å². The predicted octanol–water partition coefficient (Wildman–Crippen LogP) is 2.41. The number of thiophene rings is 1. The van der Waals surface area contributed by atoms with Crippen molar-refractivity contribution in [3.63, 3.8) is 0 Å². The minimum atomic E-state index is -0.701. The molecule has 0 unspecified atom stereocenters. The molecule has 0 saturated heterocycles. The molecule has 0 amide bonds. The Balaban J connectivity index is 2.08. The van der Waals surface area contributed by atoms with E-state index in [2.05, 4.69) is 5.38 Å². The molecule has 1 N–H and O–H groups in total. The van der Waals surface area contributed by atoms with Crippen molar-refractivity contribution in [3.05, 3.63) is 15.8 Å². The fraction of sp³-hybridized carbons (Fsp3) is 0.444. The second-order valence-electron chi connectivity index (χ2n) is 2.99. The van der Waals surface area contributed by atoms with Crippen molar-refractivity contribution in [1.29, 1.82) is 0 Å². The van der Waals surface area contributed by atoms with E-state index < -0.39 is 5.97 Å². The summed E-state index contributed by atoms with van der Waals surface area (Å²) in [7, 11) is 0. The Bertz CT molecular complexity index is 330. The SMILES string of the molecule is O=C(O)CCc1scc2c1CCS2. The molecule has 2 rings (SSSR count). The molecule has 0 aliphatic carbocycles. The lowest BCUT2D eigenvalue weighted by Crippen LogP contribution is -1.97. The molecule has 0 bridgehead atoms. The van der Waals surface area contributed by atoms with Gasteiger partial charge in [-0.2, -0.15) is 0 Å². The van der Waals surface area contributed by atoms with Crippen LogP contribution in [0.15, 0.2) is 10.3 Å². The molecule has 4 heteroatoms. The summed E-state index contributed by atoms with van der Waals surface area (Å²) in [5, 5.41) is 10.7. The number of aryl methyl sites for hydroxylation is 1. The van der Waals surface area contributed by atoms with E-state index >= 15 is 0 Å². The van der Waals surface area contributed by atoms with Crippen molar-refractivity contribution in [2.75, 3.05) is 5.75 Å². The highest BCUT2D eigenvalue weighted by molar-refractivity contribution is 7.99. The maximum atomic E-state index is 10.4. The Morgan fingerprint density at radius 2 is 2.46 bits per heavy atom. The highest BCUT2D eigenvalue weighted by atomic mass is 32.2. The van der Waals surface area contributed by atoms with E-state index in [9.17, 15) is 4.79 Å². The topological polar surface area (TPSA) is 37.3 Å². The van der Waals surface area contributed by atoms with Gasteiger partial charge in [0, 0.05) is 20.9 Å². The second-order valence-corrected chi connectivity index (χ2v) is 5.09. The van der Waals surface area contributed by atoms with E-state index in [1.165, 1.54) is 15.3 Å². The Morgan fingerprint density at radius 1 is 1.62 bits per heavy atom. The molecule has 2 heterocycles. The monoisotopic (exact) mass is 214 g/mol. The smallest absolute Gasteiger partial charge is 0.303 e. The van der Waals surface area contributed by atoms with Crippen LogP contribution in [-0.4, -0.2) is 16.8 Å². The maximum Gasteiger partial charge on any atom is 0.303 e. The van der Waals surface area contributed by atoms with Gasteiger partial charge in [-0.05, 0) is 18.4 Å². The molecule has 0 atom stereocenters. The van der Waals surface area contributed by atoms with Gasteiger partial charge in [0.2, 0.25) is 0 Å². The maximum absolute atomic E-state index is 10.4. The molecule has 2 nitrogen and oxygen atoms in total. The van der Waals surface area contributed by atoms with E-state index in [0.29, 0.717) is 6.42 Å². The zero-order valence-electron chi connectivity index (χ0n) is 7.08. The molecule has 70 valence electrons. The first kappa shape index (κ1) is 9.09. The number of rotatable bonds is 3. The third kappa shape index (κ3) is 1.89. The van der Waals surface area contributed by atoms with Crippen LogP contribution in [0, 0.1) is 0 Å². The largest absolute Gasteiger partial charge is 0.481 e. The molecule has 1 aromatic rings. The second kappa shape index (κ2) is 3.72. The van der Waals surface area contributed by atoms with E-state index in [1.807, 2.05) is 11.8 Å². The highest BCUT2D eigenvalue weighted by Gasteiger charge is 2.17. The van der Waals surface area contributed by atoms with Crippen LogP contribution in [0.4, 0.5) is 0 Å². The third-order valence-corrected chi connectivity index (χ3v) is 4.44. The van der Waals surface area contributed by atoms with Crippen molar-refractivity contribution < 1.29 is 9.90 Å². The van der Waals surface area contributed by atoms with Crippen LogP contribution in [0.2, 0.25) is 0 Å². The first-order valence-corrected chi connectivity index (χ1v) is 6.07. The van der Waals surface area contributed by atoms with E-state index in [4.69, 9.17) is 5.11 Å². The van der Waals surface area contributed by atoms with Gasteiger partial charge in [-0.25, -0.2) is 0 Å². The van der Waals surface area contributed by atoms with Gasteiger partial charge in [-0.15, -0.1) is 23.1 Å². The van der Waals surface area contributed by atoms with Crippen LogP contribution in [0.3, 0.4) is 0 Å². The number of fused-ring (bicyclic) bond motifs is 1. The van der Waals surface area contributed by atoms with Crippen LogP contribution in [0.1, 0.15) is 16.9 Å². The Kier molecular flexibility index (Phi) is 2.60. The third-order valence-electron chi connectivity index (χ3n) is 2.12. The summed E-state index contributed by atoms with van der Waals surface area (Å²) >= 11 is 3.60. The highest BCUT2D eigenvalue weighted by Crippen LogP contribution is 2.38. The number of thioether (sulfide) groups is 1.